The molecule has 0 spiro atoms. The third-order valence-electron chi connectivity index (χ3n) is 1.92. The third-order valence-corrected chi connectivity index (χ3v) is 1.92. The molecule has 3 N–H and O–H groups in total. The van der Waals surface area contributed by atoms with Crippen LogP contribution < -0.4 is 15.8 Å². The van der Waals surface area contributed by atoms with Gasteiger partial charge in [0.05, 0.1) is 5.69 Å². The first-order valence-electron chi connectivity index (χ1n) is 5.01. The number of ether oxygens (including phenoxy) is 1. The van der Waals surface area contributed by atoms with Crippen LogP contribution in [0.15, 0.2) is 18.3 Å². The van der Waals surface area contributed by atoms with Gasteiger partial charge in [-0.1, -0.05) is 0 Å². The summed E-state index contributed by atoms with van der Waals surface area (Å²) in [5.74, 6) is -0.885. The lowest BCUT2D eigenvalue weighted by Gasteiger charge is -2.15. The van der Waals surface area contributed by atoms with Crippen LogP contribution in [0.3, 0.4) is 0 Å². The molecule has 1 unspecified atom stereocenters. The summed E-state index contributed by atoms with van der Waals surface area (Å²) in [5.41, 5.74) is 5.71. The zero-order valence-corrected chi connectivity index (χ0v) is 9.49. The van der Waals surface area contributed by atoms with E-state index in [0.29, 0.717) is 0 Å². The Bertz CT molecular complexity index is 423. The molecule has 0 saturated heterocycles. The van der Waals surface area contributed by atoms with Crippen LogP contribution >= 0.6 is 0 Å². The maximum atomic E-state index is 11.9. The van der Waals surface area contributed by atoms with Gasteiger partial charge in [-0.15, -0.1) is 0 Å². The summed E-state index contributed by atoms with van der Waals surface area (Å²) in [6.45, 7) is -0.100. The van der Waals surface area contributed by atoms with Gasteiger partial charge >= 0.3 is 6.18 Å². The Hall–Kier alpha value is -1.99. The van der Waals surface area contributed by atoms with Crippen molar-refractivity contribution in [2.24, 2.45) is 0 Å². The number of carbonyl (C=O) groups excluding carboxylic acids is 1. The van der Waals surface area contributed by atoms with Crippen molar-refractivity contribution >= 4 is 11.6 Å². The smallest absolute Gasteiger partial charge is 0.405 e. The number of anilines is 1. The standard InChI is InChI=1S/C10H12F3N3O2/c1-6(8(17)16-5-10(11,12)13)18-9-7(14)3-2-4-15-9/h2-4,6H,5,14H2,1H3,(H,16,17). The van der Waals surface area contributed by atoms with Crippen LogP contribution in [0.1, 0.15) is 6.92 Å². The Morgan fingerprint density at radius 2 is 2.28 bits per heavy atom. The predicted molar refractivity (Wildman–Crippen MR) is 57.8 cm³/mol. The van der Waals surface area contributed by atoms with Crippen molar-refractivity contribution in [1.29, 1.82) is 0 Å². The maximum Gasteiger partial charge on any atom is 0.405 e. The second-order valence-corrected chi connectivity index (χ2v) is 3.49. The number of hydrogen-bond acceptors (Lipinski definition) is 4. The normalized spacial score (nSPS) is 12.9. The lowest BCUT2D eigenvalue weighted by atomic mass is 10.3. The molecule has 0 fully saturated rings. The fourth-order valence-electron chi connectivity index (χ4n) is 1.05. The number of rotatable bonds is 4. The van der Waals surface area contributed by atoms with E-state index in [9.17, 15) is 18.0 Å². The molecule has 1 rings (SSSR count). The van der Waals surface area contributed by atoms with Crippen molar-refractivity contribution in [3.05, 3.63) is 18.3 Å². The number of amides is 1. The number of nitrogens with two attached hydrogens (primary N) is 1. The minimum atomic E-state index is -4.46. The molecule has 1 aromatic rings. The highest BCUT2D eigenvalue weighted by atomic mass is 19.4. The molecule has 0 aliphatic carbocycles. The highest BCUT2D eigenvalue weighted by molar-refractivity contribution is 5.80. The van der Waals surface area contributed by atoms with Crippen LogP contribution in [-0.2, 0) is 4.79 Å². The molecule has 0 aliphatic heterocycles. The van der Waals surface area contributed by atoms with E-state index in [-0.39, 0.29) is 11.6 Å². The quantitative estimate of drug-likeness (QED) is 0.853. The number of halogens is 3. The van der Waals surface area contributed by atoms with E-state index >= 15 is 0 Å². The number of pyridine rings is 1. The fraction of sp³-hybridized carbons (Fsp3) is 0.400. The lowest BCUT2D eigenvalue weighted by molar-refractivity contribution is -0.142. The predicted octanol–water partition coefficient (Wildman–Crippen LogP) is 1.11. The van der Waals surface area contributed by atoms with Crippen LogP contribution in [0.4, 0.5) is 18.9 Å². The Morgan fingerprint density at radius 3 is 2.83 bits per heavy atom. The van der Waals surface area contributed by atoms with Crippen molar-refractivity contribution in [3.8, 4) is 5.88 Å². The van der Waals surface area contributed by atoms with Gasteiger partial charge in [0.1, 0.15) is 6.54 Å². The van der Waals surface area contributed by atoms with Crippen molar-refractivity contribution < 1.29 is 22.7 Å². The number of carbonyl (C=O) groups is 1. The molecule has 0 saturated carbocycles. The fourth-order valence-corrected chi connectivity index (χ4v) is 1.05. The van der Waals surface area contributed by atoms with Crippen molar-refractivity contribution in [2.75, 3.05) is 12.3 Å². The van der Waals surface area contributed by atoms with Gasteiger partial charge in [-0.3, -0.25) is 4.79 Å². The Labute approximate surface area is 101 Å². The molecule has 100 valence electrons. The number of nitrogens with zero attached hydrogens (tertiary/aromatic N) is 1. The van der Waals surface area contributed by atoms with Crippen molar-refractivity contribution in [3.63, 3.8) is 0 Å². The van der Waals surface area contributed by atoms with E-state index in [1.165, 1.54) is 19.2 Å². The molecule has 0 aromatic carbocycles. The first kappa shape index (κ1) is 14.1. The topological polar surface area (TPSA) is 77.2 Å². The van der Waals surface area contributed by atoms with Gasteiger partial charge in [-0.25, -0.2) is 4.98 Å². The Balaban J connectivity index is 2.53. The van der Waals surface area contributed by atoms with E-state index in [2.05, 4.69) is 4.98 Å². The monoisotopic (exact) mass is 263 g/mol. The molecule has 8 heteroatoms. The summed E-state index contributed by atoms with van der Waals surface area (Å²) >= 11 is 0. The van der Waals surface area contributed by atoms with Crippen LogP contribution in [0.25, 0.3) is 0 Å². The molecule has 1 atom stereocenters. The summed E-state index contributed by atoms with van der Waals surface area (Å²) in [7, 11) is 0. The van der Waals surface area contributed by atoms with Gasteiger partial charge in [0.2, 0.25) is 5.88 Å². The van der Waals surface area contributed by atoms with Gasteiger partial charge in [-0.05, 0) is 19.1 Å². The average Bonchev–Trinajstić information content (AvgIpc) is 2.28. The summed E-state index contributed by atoms with van der Waals surface area (Å²) in [6, 6.07) is 3.07. The highest BCUT2D eigenvalue weighted by Crippen LogP contribution is 2.17. The molecule has 1 heterocycles. The second-order valence-electron chi connectivity index (χ2n) is 3.49. The van der Waals surface area contributed by atoms with Crippen LogP contribution in [-0.4, -0.2) is 29.7 Å². The second kappa shape index (κ2) is 5.56. The number of hydrogen-bond donors (Lipinski definition) is 2. The summed E-state index contributed by atoms with van der Waals surface area (Å²) in [5, 5.41) is 1.70. The van der Waals surface area contributed by atoms with Crippen LogP contribution in [0.5, 0.6) is 5.88 Å². The number of nitrogen functional groups attached to an aromatic ring is 1. The van der Waals surface area contributed by atoms with E-state index in [1.807, 2.05) is 0 Å². The minimum Gasteiger partial charge on any atom is -0.463 e. The van der Waals surface area contributed by atoms with Gasteiger partial charge in [0, 0.05) is 6.20 Å². The largest absolute Gasteiger partial charge is 0.463 e. The summed E-state index contributed by atoms with van der Waals surface area (Å²) in [4.78, 5) is 15.1. The van der Waals surface area contributed by atoms with E-state index < -0.39 is 24.7 Å². The Kier molecular flexibility index (Phi) is 4.35. The maximum absolute atomic E-state index is 11.9. The van der Waals surface area contributed by atoms with Gasteiger partial charge in [-0.2, -0.15) is 13.2 Å². The molecule has 0 bridgehead atoms. The number of nitrogens with one attached hydrogen (secondary N) is 1. The average molecular weight is 263 g/mol. The van der Waals surface area contributed by atoms with E-state index in [1.54, 1.807) is 11.4 Å². The van der Waals surface area contributed by atoms with Crippen molar-refractivity contribution in [1.82, 2.24) is 10.3 Å². The SMILES string of the molecule is CC(Oc1ncccc1N)C(=O)NCC(F)(F)F. The van der Waals surface area contributed by atoms with Crippen LogP contribution in [0, 0.1) is 0 Å². The molecule has 1 aromatic heterocycles. The van der Waals surface area contributed by atoms with E-state index in [4.69, 9.17) is 10.5 Å². The van der Waals surface area contributed by atoms with Crippen molar-refractivity contribution in [2.45, 2.75) is 19.2 Å². The molecule has 0 aliphatic rings. The summed E-state index contributed by atoms with van der Waals surface area (Å²) < 4.78 is 40.7. The molecule has 18 heavy (non-hydrogen) atoms. The summed E-state index contributed by atoms with van der Waals surface area (Å²) in [6.07, 6.45) is -4.18. The van der Waals surface area contributed by atoms with Gasteiger partial charge < -0.3 is 15.8 Å². The lowest BCUT2D eigenvalue weighted by Crippen LogP contribution is -2.41. The molecular formula is C10H12F3N3O2. The van der Waals surface area contributed by atoms with Gasteiger partial charge in [0.15, 0.2) is 6.10 Å². The van der Waals surface area contributed by atoms with Crippen LogP contribution in [0.2, 0.25) is 0 Å². The zero-order valence-electron chi connectivity index (χ0n) is 9.49. The van der Waals surface area contributed by atoms with E-state index in [0.717, 1.165) is 0 Å². The minimum absolute atomic E-state index is 0.00663. The molecule has 0 radical (unpaired) electrons. The molecule has 5 nitrogen and oxygen atoms in total. The van der Waals surface area contributed by atoms with Gasteiger partial charge in [0.25, 0.3) is 5.91 Å². The third kappa shape index (κ3) is 4.48. The highest BCUT2D eigenvalue weighted by Gasteiger charge is 2.29. The number of aromatic nitrogens is 1. The zero-order chi connectivity index (χ0) is 13.8. The first-order valence-corrected chi connectivity index (χ1v) is 5.01. The number of alkyl halides is 3. The molecule has 1 amide bonds. The Morgan fingerprint density at radius 1 is 1.61 bits per heavy atom. The first-order chi connectivity index (χ1) is 8.29. The molecular weight excluding hydrogens is 251 g/mol.